The maximum absolute atomic E-state index is 11.9. The quantitative estimate of drug-likeness (QED) is 0.913. The topological polar surface area (TPSA) is 81.9 Å². The molecule has 1 fully saturated rings. The maximum Gasteiger partial charge on any atom is 0.408 e. The minimum Gasteiger partial charge on any atom is -0.439 e. The van der Waals surface area contributed by atoms with Gasteiger partial charge in [-0.15, -0.1) is 10.2 Å². The largest absolute Gasteiger partial charge is 0.439 e. The summed E-state index contributed by atoms with van der Waals surface area (Å²) in [6.45, 7) is 0.252. The summed E-state index contributed by atoms with van der Waals surface area (Å²) in [5.74, 6) is 0. The zero-order valence-electron chi connectivity index (χ0n) is 11.1. The molecule has 1 amide bonds. The van der Waals surface area contributed by atoms with Gasteiger partial charge in [-0.2, -0.15) is 4.80 Å². The lowest BCUT2D eigenvalue weighted by molar-refractivity contribution is 0.0817. The number of rotatable bonds is 5. The molecule has 1 aromatic carbocycles. The molecule has 1 atom stereocenters. The van der Waals surface area contributed by atoms with E-state index in [0.717, 1.165) is 12.8 Å². The van der Waals surface area contributed by atoms with Gasteiger partial charge in [0, 0.05) is 16.6 Å². The molecule has 2 aromatic rings. The molecule has 1 aliphatic rings. The van der Waals surface area contributed by atoms with E-state index in [1.165, 1.54) is 11.1 Å². The Morgan fingerprint density at radius 3 is 2.95 bits per heavy atom. The Morgan fingerprint density at radius 1 is 1.48 bits per heavy atom. The SMILES string of the molecule is O=C(NC1CC1)OC(Cn1ncnn1)c1ccccc1Cl. The molecule has 0 saturated heterocycles. The first kappa shape index (κ1) is 13.8. The molecule has 1 heterocycles. The number of carbonyl (C=O) groups excluding carboxylic acids is 1. The van der Waals surface area contributed by atoms with Crippen molar-refractivity contribution in [2.75, 3.05) is 0 Å². The predicted octanol–water partition coefficient (Wildman–Crippen LogP) is 1.96. The summed E-state index contributed by atoms with van der Waals surface area (Å²) in [5, 5.41) is 14.7. The van der Waals surface area contributed by atoms with Crippen molar-refractivity contribution in [1.29, 1.82) is 0 Å². The third-order valence-corrected chi connectivity index (χ3v) is 3.47. The van der Waals surface area contributed by atoms with Gasteiger partial charge in [0.05, 0.1) is 0 Å². The average molecular weight is 308 g/mol. The molecule has 8 heteroatoms. The Morgan fingerprint density at radius 2 is 2.29 bits per heavy atom. The molecule has 7 nitrogen and oxygen atoms in total. The molecule has 0 aliphatic heterocycles. The van der Waals surface area contributed by atoms with E-state index in [1.807, 2.05) is 18.2 Å². The van der Waals surface area contributed by atoms with Gasteiger partial charge in [-0.25, -0.2) is 4.79 Å². The van der Waals surface area contributed by atoms with Crippen molar-refractivity contribution >= 4 is 17.7 Å². The number of tetrazole rings is 1. The molecule has 3 rings (SSSR count). The summed E-state index contributed by atoms with van der Waals surface area (Å²) < 4.78 is 5.48. The number of nitrogens with zero attached hydrogens (tertiary/aromatic N) is 4. The first-order chi connectivity index (χ1) is 10.2. The zero-order valence-corrected chi connectivity index (χ0v) is 11.9. The number of aromatic nitrogens is 4. The van der Waals surface area contributed by atoms with Crippen LogP contribution in [0, 0.1) is 0 Å². The smallest absolute Gasteiger partial charge is 0.408 e. The Balaban J connectivity index is 1.76. The Labute approximate surface area is 126 Å². The van der Waals surface area contributed by atoms with Crippen LogP contribution in [-0.4, -0.2) is 32.3 Å². The van der Waals surface area contributed by atoms with Gasteiger partial charge in [-0.3, -0.25) is 0 Å². The molecule has 1 aliphatic carbocycles. The first-order valence-corrected chi connectivity index (χ1v) is 7.02. The highest BCUT2D eigenvalue weighted by atomic mass is 35.5. The van der Waals surface area contributed by atoms with Crippen LogP contribution in [0.3, 0.4) is 0 Å². The van der Waals surface area contributed by atoms with E-state index in [1.54, 1.807) is 6.07 Å². The lowest BCUT2D eigenvalue weighted by atomic mass is 10.1. The van der Waals surface area contributed by atoms with E-state index in [9.17, 15) is 4.79 Å². The number of alkyl carbamates (subject to hydrolysis) is 1. The predicted molar refractivity (Wildman–Crippen MR) is 74.6 cm³/mol. The molecule has 1 saturated carbocycles. The van der Waals surface area contributed by atoms with Gasteiger partial charge in [0.15, 0.2) is 12.4 Å². The highest BCUT2D eigenvalue weighted by Gasteiger charge is 2.27. The monoisotopic (exact) mass is 307 g/mol. The molecule has 1 N–H and O–H groups in total. The second-order valence-corrected chi connectivity index (χ2v) is 5.23. The minimum absolute atomic E-state index is 0.230. The van der Waals surface area contributed by atoms with Crippen molar-refractivity contribution in [3.05, 3.63) is 41.2 Å². The average Bonchev–Trinajstić information content (AvgIpc) is 3.12. The number of ether oxygens (including phenoxy) is 1. The van der Waals surface area contributed by atoms with E-state index in [-0.39, 0.29) is 12.6 Å². The van der Waals surface area contributed by atoms with Crippen LogP contribution < -0.4 is 5.32 Å². The number of carbonyl (C=O) groups is 1. The fourth-order valence-electron chi connectivity index (χ4n) is 1.91. The van der Waals surface area contributed by atoms with Crippen molar-refractivity contribution < 1.29 is 9.53 Å². The van der Waals surface area contributed by atoms with Crippen LogP contribution >= 0.6 is 11.6 Å². The fraction of sp³-hybridized carbons (Fsp3) is 0.385. The first-order valence-electron chi connectivity index (χ1n) is 6.65. The summed E-state index contributed by atoms with van der Waals surface area (Å²) in [7, 11) is 0. The van der Waals surface area contributed by atoms with Crippen LogP contribution in [0.15, 0.2) is 30.6 Å². The van der Waals surface area contributed by atoms with Crippen molar-refractivity contribution in [2.45, 2.75) is 31.5 Å². The zero-order chi connectivity index (χ0) is 14.7. The number of amides is 1. The lowest BCUT2D eigenvalue weighted by Gasteiger charge is -2.18. The van der Waals surface area contributed by atoms with E-state index in [4.69, 9.17) is 16.3 Å². The Hall–Kier alpha value is -2.15. The summed E-state index contributed by atoms with van der Waals surface area (Å²) in [6.07, 6.45) is 2.29. The Kier molecular flexibility index (Phi) is 4.01. The molecule has 1 unspecified atom stereocenters. The van der Waals surface area contributed by atoms with Gasteiger partial charge >= 0.3 is 6.09 Å². The molecule has 110 valence electrons. The Bertz CT molecular complexity index is 615. The number of halogens is 1. The van der Waals surface area contributed by atoms with E-state index < -0.39 is 12.2 Å². The number of hydrogen-bond acceptors (Lipinski definition) is 5. The van der Waals surface area contributed by atoms with Gasteiger partial charge in [0.1, 0.15) is 6.54 Å². The third kappa shape index (κ3) is 3.69. The number of benzene rings is 1. The minimum atomic E-state index is -0.577. The van der Waals surface area contributed by atoms with E-state index >= 15 is 0 Å². The van der Waals surface area contributed by atoms with Gasteiger partial charge < -0.3 is 10.1 Å². The summed E-state index contributed by atoms with van der Waals surface area (Å²) >= 11 is 6.18. The van der Waals surface area contributed by atoms with Gasteiger partial charge in [-0.05, 0) is 24.1 Å². The van der Waals surface area contributed by atoms with Gasteiger partial charge in [0.2, 0.25) is 0 Å². The molecule has 0 spiro atoms. The van der Waals surface area contributed by atoms with E-state index in [0.29, 0.717) is 10.6 Å². The second-order valence-electron chi connectivity index (χ2n) is 4.82. The number of nitrogens with one attached hydrogen (secondary N) is 1. The highest BCUT2D eigenvalue weighted by Crippen LogP contribution is 2.27. The van der Waals surface area contributed by atoms with Crippen LogP contribution in [0.2, 0.25) is 5.02 Å². The number of hydrogen-bond donors (Lipinski definition) is 1. The standard InChI is InChI=1S/C13H14ClN5O2/c14-11-4-2-1-3-10(11)12(7-19-16-8-15-18-19)21-13(20)17-9-5-6-9/h1-4,8-9,12H,5-7H2,(H,17,20). The molecular formula is C13H14ClN5O2. The molecule has 1 aromatic heterocycles. The molecule has 0 bridgehead atoms. The van der Waals surface area contributed by atoms with Crippen molar-refractivity contribution in [3.8, 4) is 0 Å². The molecular weight excluding hydrogens is 294 g/mol. The van der Waals surface area contributed by atoms with Crippen molar-refractivity contribution in [1.82, 2.24) is 25.5 Å². The van der Waals surface area contributed by atoms with Crippen LogP contribution in [0.4, 0.5) is 4.79 Å². The van der Waals surface area contributed by atoms with Gasteiger partial charge in [0.25, 0.3) is 0 Å². The maximum atomic E-state index is 11.9. The fourth-order valence-corrected chi connectivity index (χ4v) is 2.17. The van der Waals surface area contributed by atoms with E-state index in [2.05, 4.69) is 20.7 Å². The highest BCUT2D eigenvalue weighted by molar-refractivity contribution is 6.31. The van der Waals surface area contributed by atoms with Crippen molar-refractivity contribution in [2.24, 2.45) is 0 Å². The van der Waals surface area contributed by atoms with Crippen LogP contribution in [0.1, 0.15) is 24.5 Å². The second kappa shape index (κ2) is 6.09. The molecule has 21 heavy (non-hydrogen) atoms. The summed E-state index contributed by atoms with van der Waals surface area (Å²) in [6, 6.07) is 7.45. The normalized spacial score (nSPS) is 15.5. The summed E-state index contributed by atoms with van der Waals surface area (Å²) in [5.41, 5.74) is 0.711. The van der Waals surface area contributed by atoms with Crippen molar-refractivity contribution in [3.63, 3.8) is 0 Å². The lowest BCUT2D eigenvalue weighted by Crippen LogP contribution is -2.29. The van der Waals surface area contributed by atoms with Gasteiger partial charge in [-0.1, -0.05) is 29.8 Å². The molecule has 0 radical (unpaired) electrons. The summed E-state index contributed by atoms with van der Waals surface area (Å²) in [4.78, 5) is 13.2. The van der Waals surface area contributed by atoms with Crippen LogP contribution in [0.5, 0.6) is 0 Å². The van der Waals surface area contributed by atoms with Crippen LogP contribution in [-0.2, 0) is 11.3 Å². The van der Waals surface area contributed by atoms with Crippen LogP contribution in [0.25, 0.3) is 0 Å². The third-order valence-electron chi connectivity index (χ3n) is 3.12.